The van der Waals surface area contributed by atoms with Crippen LogP contribution in [-0.4, -0.2) is 122 Å². The number of aliphatic hydroxyl groups is 3. The van der Waals surface area contributed by atoms with E-state index in [9.17, 15) is 20.1 Å². The smallest absolute Gasteiger partial charge is 0.407 e. The Hall–Kier alpha value is -1.27. The largest absolute Gasteiger partial charge is 0.446 e. The van der Waals surface area contributed by atoms with Gasteiger partial charge in [0.25, 0.3) is 0 Å². The van der Waals surface area contributed by atoms with Crippen molar-refractivity contribution in [2.45, 2.75) is 388 Å². The second-order valence-corrected chi connectivity index (χ2v) is 32.6. The maximum atomic E-state index is 13.8. The standard InChI is InChI=1S/C82H159N5O5/c1-9-12-15-18-21-24-27-30-33-36-46-72(88)66-83-57-40-61-87(62-41-58-84-67-73(89)47-37-34-31-28-25-22-19-16-13-10-2,63-42-59-85-68-74(90)48-38-35-32-29-26-23-20-17-14-11-3)64-43-60-86-80(91)92-75-53-55-81(7)71(65-75)49-50-76-78-52-51-77(70(6)45-39-44-69(4)5)82(78,8)56-54-79(76)81/h49,69-70,72-79,83-85,88-90H,9-48,50-68H2,1-8H3/p+1. The maximum absolute atomic E-state index is 13.8. The van der Waals surface area contributed by atoms with E-state index >= 15 is 0 Å². The molecule has 10 heteroatoms. The van der Waals surface area contributed by atoms with Crippen LogP contribution < -0.4 is 21.3 Å². The van der Waals surface area contributed by atoms with Gasteiger partial charge in [-0.1, -0.05) is 279 Å². The molecular weight excluding hydrogens is 1130 g/mol. The predicted molar refractivity (Wildman–Crippen MR) is 396 cm³/mol. The first-order valence-electron chi connectivity index (χ1n) is 41.4. The van der Waals surface area contributed by atoms with E-state index in [1.165, 1.54) is 225 Å². The first kappa shape index (κ1) is 83.2. The van der Waals surface area contributed by atoms with Crippen LogP contribution in [0, 0.1) is 46.3 Å². The Morgan fingerprint density at radius 1 is 0.489 bits per heavy atom. The minimum Gasteiger partial charge on any atom is -0.446 e. The summed E-state index contributed by atoms with van der Waals surface area (Å²) in [4.78, 5) is 13.8. The average molecular weight is 1300 g/mol. The Labute approximate surface area is 571 Å². The van der Waals surface area contributed by atoms with Crippen molar-refractivity contribution in [3.8, 4) is 0 Å². The van der Waals surface area contributed by atoms with Crippen LogP contribution >= 0.6 is 0 Å². The van der Waals surface area contributed by atoms with Gasteiger partial charge in [0, 0.05) is 77.9 Å². The number of alkyl carbamates (subject to hydrolysis) is 1. The molecule has 0 radical (unpaired) electrons. The summed E-state index contributed by atoms with van der Waals surface area (Å²) in [5, 5.41) is 47.3. The van der Waals surface area contributed by atoms with Crippen molar-refractivity contribution in [2.75, 3.05) is 72.0 Å². The van der Waals surface area contributed by atoms with E-state index in [0.717, 1.165) is 169 Å². The highest BCUT2D eigenvalue weighted by Crippen LogP contribution is 2.67. The third-order valence-electron chi connectivity index (χ3n) is 24.4. The minimum atomic E-state index is -0.302. The molecule has 0 aromatic heterocycles. The number of rotatable bonds is 61. The highest BCUT2D eigenvalue weighted by atomic mass is 16.6. The Balaban J connectivity index is 1.31. The molecule has 0 aromatic carbocycles. The van der Waals surface area contributed by atoms with E-state index in [-0.39, 0.29) is 35.9 Å². The van der Waals surface area contributed by atoms with Crippen molar-refractivity contribution in [1.82, 2.24) is 21.3 Å². The van der Waals surface area contributed by atoms with Crippen LogP contribution in [0.2, 0.25) is 0 Å². The van der Waals surface area contributed by atoms with Crippen LogP contribution in [0.1, 0.15) is 364 Å². The van der Waals surface area contributed by atoms with Crippen molar-refractivity contribution in [2.24, 2.45) is 46.3 Å². The molecule has 92 heavy (non-hydrogen) atoms. The molecule has 4 rings (SSSR count). The summed E-state index contributed by atoms with van der Waals surface area (Å²) in [7, 11) is 0. The first-order chi connectivity index (χ1) is 44.7. The second-order valence-electron chi connectivity index (χ2n) is 32.6. The fraction of sp³-hybridized carbons (Fsp3) is 0.963. The van der Waals surface area contributed by atoms with Gasteiger partial charge in [0.2, 0.25) is 0 Å². The topological polar surface area (TPSA) is 135 Å². The van der Waals surface area contributed by atoms with Gasteiger partial charge in [0.15, 0.2) is 0 Å². The molecular formula is C82H160N5O5+. The molecule has 3 fully saturated rings. The lowest BCUT2D eigenvalue weighted by Gasteiger charge is -2.58. The highest BCUT2D eigenvalue weighted by Gasteiger charge is 2.59. The van der Waals surface area contributed by atoms with Gasteiger partial charge in [-0.2, -0.15) is 0 Å². The zero-order valence-electron chi connectivity index (χ0n) is 62.7. The molecule has 0 heterocycles. The maximum Gasteiger partial charge on any atom is 0.407 e. The average Bonchev–Trinajstić information content (AvgIpc) is 1.34. The lowest BCUT2D eigenvalue weighted by Crippen LogP contribution is -2.53. The summed E-state index contributed by atoms with van der Waals surface area (Å²) in [6, 6.07) is 0. The summed E-state index contributed by atoms with van der Waals surface area (Å²) in [6.07, 6.45) is 61.3. The minimum absolute atomic E-state index is 0.0556. The van der Waals surface area contributed by atoms with Gasteiger partial charge in [-0.3, -0.25) is 0 Å². The number of carbonyl (C=O) groups excluding carboxylic acids is 1. The van der Waals surface area contributed by atoms with E-state index < -0.39 is 0 Å². The van der Waals surface area contributed by atoms with E-state index in [0.29, 0.717) is 31.6 Å². The van der Waals surface area contributed by atoms with Gasteiger partial charge < -0.3 is 45.8 Å². The van der Waals surface area contributed by atoms with Gasteiger partial charge in [-0.25, -0.2) is 4.79 Å². The van der Waals surface area contributed by atoms with Crippen molar-refractivity contribution < 1.29 is 29.3 Å². The zero-order chi connectivity index (χ0) is 66.4. The van der Waals surface area contributed by atoms with Crippen molar-refractivity contribution in [1.29, 1.82) is 0 Å². The number of ether oxygens (including phenoxy) is 1. The van der Waals surface area contributed by atoms with Crippen LogP contribution in [0.15, 0.2) is 11.6 Å². The Morgan fingerprint density at radius 2 is 0.902 bits per heavy atom. The van der Waals surface area contributed by atoms with E-state index in [1.54, 1.807) is 5.57 Å². The molecule has 3 saturated carbocycles. The summed E-state index contributed by atoms with van der Waals surface area (Å²) >= 11 is 0. The molecule has 0 aliphatic heterocycles. The number of nitrogens with one attached hydrogen (secondary N) is 4. The third kappa shape index (κ3) is 34.0. The number of nitrogens with zero attached hydrogens (tertiary/aromatic N) is 1. The number of hydrogen-bond donors (Lipinski definition) is 7. The van der Waals surface area contributed by atoms with Gasteiger partial charge in [0.05, 0.1) is 44.5 Å². The molecule has 542 valence electrons. The van der Waals surface area contributed by atoms with Gasteiger partial charge in [-0.05, 0) is 111 Å². The first-order valence-corrected chi connectivity index (χ1v) is 41.4. The van der Waals surface area contributed by atoms with Crippen LogP contribution in [0.4, 0.5) is 4.79 Å². The van der Waals surface area contributed by atoms with E-state index in [1.807, 2.05) is 0 Å². The Bertz CT molecular complexity index is 1700. The number of quaternary nitrogens is 1. The SMILES string of the molecule is CCCCCCCCCCCCC(O)CNCCC[N+](CCCNCC(O)CCCCCCCCCCCC)(CCCNCC(O)CCCCCCCCCCCC)CCCNC(=O)OC1CCC2(C)C(=CCC3C2CCC2(C)C(C(C)CCCC(C)C)CCC32)C1. The van der Waals surface area contributed by atoms with Crippen LogP contribution in [0.5, 0.6) is 0 Å². The number of unbranched alkanes of at least 4 members (excludes halogenated alkanes) is 27. The lowest BCUT2D eigenvalue weighted by molar-refractivity contribution is -0.928. The van der Waals surface area contributed by atoms with Gasteiger partial charge in [-0.15, -0.1) is 0 Å². The zero-order valence-corrected chi connectivity index (χ0v) is 62.7. The molecule has 0 bridgehead atoms. The molecule has 7 N–H and O–H groups in total. The molecule has 0 saturated heterocycles. The molecule has 1 amide bonds. The van der Waals surface area contributed by atoms with Crippen molar-refractivity contribution in [3.05, 3.63) is 11.6 Å². The van der Waals surface area contributed by atoms with Gasteiger partial charge >= 0.3 is 6.09 Å². The van der Waals surface area contributed by atoms with Crippen molar-refractivity contribution in [3.63, 3.8) is 0 Å². The third-order valence-corrected chi connectivity index (χ3v) is 24.4. The predicted octanol–water partition coefficient (Wildman–Crippen LogP) is 20.3. The molecule has 0 aromatic rings. The van der Waals surface area contributed by atoms with Gasteiger partial charge in [0.1, 0.15) is 6.10 Å². The van der Waals surface area contributed by atoms with Crippen molar-refractivity contribution >= 4 is 6.09 Å². The second kappa shape index (κ2) is 51.0. The van der Waals surface area contributed by atoms with Crippen LogP contribution in [0.3, 0.4) is 0 Å². The molecule has 11 unspecified atom stereocenters. The number of hydrogen-bond acceptors (Lipinski definition) is 8. The highest BCUT2D eigenvalue weighted by molar-refractivity contribution is 5.67. The molecule has 0 spiro atoms. The van der Waals surface area contributed by atoms with Crippen LogP contribution in [0.25, 0.3) is 0 Å². The summed E-state index contributed by atoms with van der Waals surface area (Å²) in [6.45, 7) is 28.8. The molecule has 4 aliphatic carbocycles. The monoisotopic (exact) mass is 1300 g/mol. The lowest BCUT2D eigenvalue weighted by atomic mass is 9.47. The summed E-state index contributed by atoms with van der Waals surface area (Å²) in [5.41, 5.74) is 2.30. The normalized spacial score (nSPS) is 24.2. The number of amides is 1. The quantitative estimate of drug-likeness (QED) is 0.0182. The fourth-order valence-electron chi connectivity index (χ4n) is 18.6. The summed E-state index contributed by atoms with van der Waals surface area (Å²) < 4.78 is 7.33. The molecule has 11 atom stereocenters. The number of allylic oxidation sites excluding steroid dienone is 1. The number of carbonyl (C=O) groups is 1. The molecule has 10 nitrogen and oxygen atoms in total. The van der Waals surface area contributed by atoms with E-state index in [2.05, 4.69) is 82.7 Å². The Morgan fingerprint density at radius 3 is 1.33 bits per heavy atom. The fourth-order valence-corrected chi connectivity index (χ4v) is 18.6. The van der Waals surface area contributed by atoms with E-state index in [4.69, 9.17) is 4.74 Å². The number of aliphatic hydroxyl groups excluding tert-OH is 3. The summed E-state index contributed by atoms with van der Waals surface area (Å²) in [5.74, 6) is 4.93. The molecule has 4 aliphatic rings. The Kier molecular flexibility index (Phi) is 46.1. The number of fused-ring (bicyclic) bond motifs is 5. The van der Waals surface area contributed by atoms with Crippen LogP contribution in [-0.2, 0) is 4.74 Å².